The van der Waals surface area contributed by atoms with E-state index in [1.54, 1.807) is 4.90 Å². The number of nitrogens with two attached hydrogens (primary N) is 1. The Hall–Kier alpha value is -3.07. The fourth-order valence-electron chi connectivity index (χ4n) is 3.89. The number of para-hydroxylation sites is 1. The summed E-state index contributed by atoms with van der Waals surface area (Å²) in [7, 11) is 0. The first-order valence-electron chi connectivity index (χ1n) is 10.7. The molecule has 1 amide bonds. The molecule has 1 aromatic heterocycles. The van der Waals surface area contributed by atoms with Gasteiger partial charge in [0.1, 0.15) is 18.1 Å². The molecule has 31 heavy (non-hydrogen) atoms. The minimum atomic E-state index is -0.563. The molecule has 9 heteroatoms. The van der Waals surface area contributed by atoms with Crippen molar-refractivity contribution in [1.82, 2.24) is 9.13 Å². The van der Waals surface area contributed by atoms with E-state index in [2.05, 4.69) is 0 Å². The minimum absolute atomic E-state index is 0.143. The SMILES string of the molecule is CCCn1c(N)c(N2CCOCC2)c(=O)n(CC(=O)N(c2ccccc2)C(C)C)c1=O. The summed E-state index contributed by atoms with van der Waals surface area (Å²) in [4.78, 5) is 43.2. The first-order chi connectivity index (χ1) is 14.9. The van der Waals surface area contributed by atoms with Crippen LogP contribution in [0.4, 0.5) is 17.2 Å². The fourth-order valence-corrected chi connectivity index (χ4v) is 3.89. The molecular weight excluding hydrogens is 398 g/mol. The van der Waals surface area contributed by atoms with Crippen LogP contribution in [-0.4, -0.2) is 47.4 Å². The Balaban J connectivity index is 2.07. The van der Waals surface area contributed by atoms with E-state index >= 15 is 0 Å². The van der Waals surface area contributed by atoms with Crippen LogP contribution in [0.2, 0.25) is 0 Å². The molecule has 0 saturated carbocycles. The molecule has 0 atom stereocenters. The number of aromatic nitrogens is 2. The molecule has 1 fully saturated rings. The van der Waals surface area contributed by atoms with Crippen molar-refractivity contribution in [2.75, 3.05) is 41.8 Å². The first-order valence-corrected chi connectivity index (χ1v) is 10.7. The number of anilines is 3. The number of rotatable bonds is 7. The molecule has 9 nitrogen and oxygen atoms in total. The first kappa shape index (κ1) is 22.6. The molecule has 0 radical (unpaired) electrons. The van der Waals surface area contributed by atoms with E-state index in [0.29, 0.717) is 45.0 Å². The van der Waals surface area contributed by atoms with Gasteiger partial charge in [0.05, 0.1) is 13.2 Å². The van der Waals surface area contributed by atoms with Crippen molar-refractivity contribution in [2.45, 2.75) is 46.3 Å². The molecule has 3 rings (SSSR count). The molecule has 1 aromatic carbocycles. The Morgan fingerprint density at radius 1 is 1.13 bits per heavy atom. The van der Waals surface area contributed by atoms with Crippen LogP contribution in [0, 0.1) is 0 Å². The molecule has 0 bridgehead atoms. The maximum absolute atomic E-state index is 13.3. The molecular formula is C22H31N5O4. The van der Waals surface area contributed by atoms with Crippen LogP contribution in [0.15, 0.2) is 39.9 Å². The average molecular weight is 430 g/mol. The smallest absolute Gasteiger partial charge is 0.333 e. The molecule has 1 aliphatic rings. The van der Waals surface area contributed by atoms with Crippen LogP contribution in [0.3, 0.4) is 0 Å². The number of hydrogen-bond acceptors (Lipinski definition) is 6. The molecule has 0 unspecified atom stereocenters. The number of ether oxygens (including phenoxy) is 1. The second-order valence-corrected chi connectivity index (χ2v) is 7.85. The number of morpholine rings is 1. The van der Waals surface area contributed by atoms with Crippen LogP contribution in [0.1, 0.15) is 27.2 Å². The van der Waals surface area contributed by atoms with Crippen molar-refractivity contribution in [3.05, 3.63) is 51.2 Å². The van der Waals surface area contributed by atoms with Crippen LogP contribution in [0.25, 0.3) is 0 Å². The van der Waals surface area contributed by atoms with Gasteiger partial charge in [-0.25, -0.2) is 9.36 Å². The summed E-state index contributed by atoms with van der Waals surface area (Å²) < 4.78 is 7.79. The van der Waals surface area contributed by atoms with Gasteiger partial charge in [-0.15, -0.1) is 0 Å². The Bertz CT molecular complexity index is 1020. The summed E-state index contributed by atoms with van der Waals surface area (Å²) in [6.45, 7) is 7.67. The Kier molecular flexibility index (Phi) is 7.17. The molecule has 0 spiro atoms. The molecule has 168 valence electrons. The fraction of sp³-hybridized carbons (Fsp3) is 0.500. The van der Waals surface area contributed by atoms with E-state index in [0.717, 1.165) is 4.57 Å². The highest BCUT2D eigenvalue weighted by Gasteiger charge is 2.26. The summed E-state index contributed by atoms with van der Waals surface area (Å²) in [5.41, 5.74) is 6.15. The molecule has 2 N–H and O–H groups in total. The summed E-state index contributed by atoms with van der Waals surface area (Å²) in [5.74, 6) is -0.188. The van der Waals surface area contributed by atoms with Gasteiger partial charge in [0.2, 0.25) is 5.91 Å². The lowest BCUT2D eigenvalue weighted by Crippen LogP contribution is -2.50. The Morgan fingerprint density at radius 2 is 1.77 bits per heavy atom. The number of nitrogen functional groups attached to an aromatic ring is 1. The number of carbonyl (C=O) groups is 1. The zero-order valence-electron chi connectivity index (χ0n) is 18.4. The third kappa shape index (κ3) is 4.66. The van der Waals surface area contributed by atoms with Crippen molar-refractivity contribution in [3.63, 3.8) is 0 Å². The standard InChI is InChI=1S/C22H31N5O4/c1-4-10-25-20(23)19(24-11-13-31-14-12-24)21(29)26(22(25)30)15-18(28)27(16(2)3)17-8-6-5-7-9-17/h5-9,16H,4,10-15,23H2,1-3H3. The van der Waals surface area contributed by atoms with Crippen molar-refractivity contribution in [3.8, 4) is 0 Å². The maximum Gasteiger partial charge on any atom is 0.333 e. The van der Waals surface area contributed by atoms with E-state index in [1.807, 2.05) is 56.0 Å². The molecule has 1 aliphatic heterocycles. The van der Waals surface area contributed by atoms with E-state index in [1.165, 1.54) is 4.57 Å². The highest BCUT2D eigenvalue weighted by Crippen LogP contribution is 2.20. The largest absolute Gasteiger partial charge is 0.383 e. The van der Waals surface area contributed by atoms with E-state index < -0.39 is 11.2 Å². The summed E-state index contributed by atoms with van der Waals surface area (Å²) in [6.07, 6.45) is 0.668. The van der Waals surface area contributed by atoms with Gasteiger partial charge in [0, 0.05) is 31.4 Å². The van der Waals surface area contributed by atoms with E-state index in [9.17, 15) is 14.4 Å². The normalized spacial score (nSPS) is 14.1. The zero-order chi connectivity index (χ0) is 22.5. The molecule has 2 aromatic rings. The predicted molar refractivity (Wildman–Crippen MR) is 122 cm³/mol. The summed E-state index contributed by atoms with van der Waals surface area (Å²) in [6, 6.07) is 9.08. The van der Waals surface area contributed by atoms with Crippen LogP contribution in [-0.2, 0) is 22.6 Å². The maximum atomic E-state index is 13.3. The zero-order valence-corrected chi connectivity index (χ0v) is 18.4. The van der Waals surface area contributed by atoms with Gasteiger partial charge >= 0.3 is 5.69 Å². The number of carbonyl (C=O) groups excluding carboxylic acids is 1. The van der Waals surface area contributed by atoms with Gasteiger partial charge in [-0.1, -0.05) is 25.1 Å². The predicted octanol–water partition coefficient (Wildman–Crippen LogP) is 1.28. The van der Waals surface area contributed by atoms with Gasteiger partial charge in [0.15, 0.2) is 0 Å². The van der Waals surface area contributed by atoms with Gasteiger partial charge in [-0.2, -0.15) is 0 Å². The van der Waals surface area contributed by atoms with Crippen molar-refractivity contribution in [1.29, 1.82) is 0 Å². The highest BCUT2D eigenvalue weighted by atomic mass is 16.5. The number of nitrogens with zero attached hydrogens (tertiary/aromatic N) is 4. The molecule has 2 heterocycles. The lowest BCUT2D eigenvalue weighted by Gasteiger charge is -2.31. The van der Waals surface area contributed by atoms with Crippen molar-refractivity contribution >= 4 is 23.1 Å². The van der Waals surface area contributed by atoms with Crippen LogP contribution in [0.5, 0.6) is 0 Å². The van der Waals surface area contributed by atoms with Crippen molar-refractivity contribution < 1.29 is 9.53 Å². The topological polar surface area (TPSA) is 103 Å². The van der Waals surface area contributed by atoms with Crippen LogP contribution < -0.4 is 26.8 Å². The minimum Gasteiger partial charge on any atom is -0.383 e. The average Bonchev–Trinajstić information content (AvgIpc) is 2.76. The van der Waals surface area contributed by atoms with Gasteiger partial charge in [0.25, 0.3) is 5.56 Å². The van der Waals surface area contributed by atoms with Crippen molar-refractivity contribution in [2.24, 2.45) is 0 Å². The Labute approximate surface area is 181 Å². The lowest BCUT2D eigenvalue weighted by molar-refractivity contribution is -0.119. The van der Waals surface area contributed by atoms with E-state index in [-0.39, 0.29) is 30.0 Å². The highest BCUT2D eigenvalue weighted by molar-refractivity contribution is 5.93. The third-order valence-corrected chi connectivity index (χ3v) is 5.33. The Morgan fingerprint density at radius 3 is 2.35 bits per heavy atom. The van der Waals surface area contributed by atoms with Crippen LogP contribution >= 0.6 is 0 Å². The van der Waals surface area contributed by atoms with E-state index in [4.69, 9.17) is 10.5 Å². The third-order valence-electron chi connectivity index (χ3n) is 5.33. The second kappa shape index (κ2) is 9.82. The summed E-state index contributed by atoms with van der Waals surface area (Å²) >= 11 is 0. The molecule has 1 saturated heterocycles. The quantitative estimate of drug-likeness (QED) is 0.711. The monoisotopic (exact) mass is 429 g/mol. The summed E-state index contributed by atoms with van der Waals surface area (Å²) in [5, 5.41) is 0. The molecule has 0 aliphatic carbocycles. The number of hydrogen-bond donors (Lipinski definition) is 1. The van der Waals surface area contributed by atoms with Gasteiger partial charge in [-0.3, -0.25) is 14.2 Å². The lowest BCUT2D eigenvalue weighted by atomic mass is 10.2. The number of amides is 1. The number of benzene rings is 1. The second-order valence-electron chi connectivity index (χ2n) is 7.85. The van der Waals surface area contributed by atoms with Gasteiger partial charge in [-0.05, 0) is 32.4 Å². The van der Waals surface area contributed by atoms with Gasteiger partial charge < -0.3 is 20.3 Å².